The molecule has 1 aromatic heterocycles. The van der Waals surface area contributed by atoms with Crippen LogP contribution in [0.15, 0.2) is 49.6 Å². The molecule has 0 bridgehead atoms. The van der Waals surface area contributed by atoms with Crippen LogP contribution in [-0.4, -0.2) is 21.8 Å². The Kier molecular flexibility index (Phi) is 4.66. The number of rotatable bonds is 3. The average molecular weight is 435 g/mol. The Balaban J connectivity index is 1.92. The van der Waals surface area contributed by atoms with Crippen molar-refractivity contribution >= 4 is 55.8 Å². The lowest BCUT2D eigenvalue weighted by Crippen LogP contribution is -2.50. The van der Waals surface area contributed by atoms with Crippen LogP contribution in [0.25, 0.3) is 5.70 Å². The van der Waals surface area contributed by atoms with Gasteiger partial charge in [0.2, 0.25) is 0 Å². The summed E-state index contributed by atoms with van der Waals surface area (Å²) in [5.41, 5.74) is 1.58. The summed E-state index contributed by atoms with van der Waals surface area (Å²) in [5, 5.41) is 15.7. The number of nitrogens with one attached hydrogen (secondary N) is 1. The van der Waals surface area contributed by atoms with Gasteiger partial charge in [-0.3, -0.25) is 15.1 Å². The molecule has 0 saturated carbocycles. The number of carbonyl (C=O) groups is 1. The molecule has 1 aromatic carbocycles. The van der Waals surface area contributed by atoms with Crippen molar-refractivity contribution in [1.29, 1.82) is 0 Å². The van der Waals surface area contributed by atoms with Crippen molar-refractivity contribution in [3.63, 3.8) is 0 Å². The molecule has 2 aliphatic rings. The van der Waals surface area contributed by atoms with Gasteiger partial charge in [0, 0.05) is 21.0 Å². The quantitative estimate of drug-likeness (QED) is 0.807. The second-order valence-electron chi connectivity index (χ2n) is 5.62. The number of halogens is 1. The van der Waals surface area contributed by atoms with E-state index >= 15 is 0 Å². The van der Waals surface area contributed by atoms with Gasteiger partial charge in [-0.25, -0.2) is 5.01 Å². The summed E-state index contributed by atoms with van der Waals surface area (Å²) in [6, 6.07) is 7.82. The first-order valence-electron chi connectivity index (χ1n) is 7.89. The Morgan fingerprint density at radius 2 is 2.28 bits per heavy atom. The molecule has 5 nitrogen and oxygen atoms in total. The molecule has 3 heterocycles. The van der Waals surface area contributed by atoms with Crippen LogP contribution in [0.1, 0.15) is 25.1 Å². The highest BCUT2D eigenvalue weighted by molar-refractivity contribution is 9.10. The maximum absolute atomic E-state index is 12.9. The van der Waals surface area contributed by atoms with E-state index < -0.39 is 0 Å². The Labute approximate surface area is 161 Å². The molecular formula is C17H15BrN4OS2. The number of nitrogens with zero attached hydrogens (tertiary/aromatic N) is 3. The number of hydrazone groups is 1. The van der Waals surface area contributed by atoms with E-state index in [9.17, 15) is 4.79 Å². The van der Waals surface area contributed by atoms with E-state index in [0.717, 1.165) is 32.8 Å². The highest BCUT2D eigenvalue weighted by Gasteiger charge is 2.34. The summed E-state index contributed by atoms with van der Waals surface area (Å²) in [5.74, 6) is 0.771. The molecular weight excluding hydrogens is 420 g/mol. The summed E-state index contributed by atoms with van der Waals surface area (Å²) in [6.45, 7) is 2.11. The first-order valence-corrected chi connectivity index (χ1v) is 10.6. The van der Waals surface area contributed by atoms with E-state index in [4.69, 9.17) is 10.1 Å². The zero-order valence-corrected chi connectivity index (χ0v) is 16.6. The predicted octanol–water partition coefficient (Wildman–Crippen LogP) is 2.80. The molecule has 0 radical (unpaired) electrons. The summed E-state index contributed by atoms with van der Waals surface area (Å²) < 4.78 is 0.908. The second kappa shape index (κ2) is 6.93. The van der Waals surface area contributed by atoms with E-state index in [-0.39, 0.29) is 12.1 Å². The minimum Gasteiger partial charge on any atom is -0.298 e. The molecule has 0 unspecified atom stereocenters. The Morgan fingerprint density at radius 1 is 1.40 bits per heavy atom. The summed E-state index contributed by atoms with van der Waals surface area (Å²) >= 11 is 6.65. The molecule has 0 spiro atoms. The van der Waals surface area contributed by atoms with Crippen LogP contribution in [-0.2, 0) is 4.79 Å². The predicted molar refractivity (Wildman–Crippen MR) is 106 cm³/mol. The van der Waals surface area contributed by atoms with E-state index in [1.165, 1.54) is 0 Å². The fourth-order valence-electron chi connectivity index (χ4n) is 2.75. The van der Waals surface area contributed by atoms with Crippen molar-refractivity contribution in [3.05, 3.63) is 55.6 Å². The molecule has 1 amide bonds. The van der Waals surface area contributed by atoms with Gasteiger partial charge in [-0.2, -0.15) is 11.3 Å². The lowest BCUT2D eigenvalue weighted by Gasteiger charge is -2.33. The smallest absolute Gasteiger partial charge is 0.276 e. The van der Waals surface area contributed by atoms with Crippen LogP contribution in [0.3, 0.4) is 0 Å². The highest BCUT2D eigenvalue weighted by Crippen LogP contribution is 2.31. The third-order valence-corrected chi connectivity index (χ3v) is 6.12. The maximum Gasteiger partial charge on any atom is 0.276 e. The number of amidine groups is 1. The zero-order chi connectivity index (χ0) is 17.4. The molecule has 1 N–H and O–H groups in total. The fraction of sp³-hybridized carbons (Fsp3) is 0.235. The monoisotopic (exact) mass is 434 g/mol. The SMILES string of the molecule is CCCSC1=NN2C(=c3cc(Br)ccc3=N[C@@H]2c2ccsc2)C(=O)N1. The van der Waals surface area contributed by atoms with Gasteiger partial charge in [-0.1, -0.05) is 34.6 Å². The third kappa shape index (κ3) is 3.14. The molecule has 8 heteroatoms. The zero-order valence-electron chi connectivity index (χ0n) is 13.4. The first-order chi connectivity index (χ1) is 12.2. The number of hydrogen-bond acceptors (Lipinski definition) is 6. The average Bonchev–Trinajstić information content (AvgIpc) is 3.13. The molecule has 0 aliphatic carbocycles. The molecule has 0 fully saturated rings. The summed E-state index contributed by atoms with van der Waals surface area (Å²) in [7, 11) is 0. The number of thiophene rings is 1. The van der Waals surface area contributed by atoms with Gasteiger partial charge in [0.1, 0.15) is 5.70 Å². The topological polar surface area (TPSA) is 57.1 Å². The number of fused-ring (bicyclic) bond motifs is 2. The molecule has 128 valence electrons. The van der Waals surface area contributed by atoms with Crippen LogP contribution in [0, 0.1) is 0 Å². The number of benzene rings is 1. The van der Waals surface area contributed by atoms with Crippen LogP contribution in [0.5, 0.6) is 0 Å². The molecule has 25 heavy (non-hydrogen) atoms. The Morgan fingerprint density at radius 3 is 3.04 bits per heavy atom. The molecule has 4 rings (SSSR count). The Bertz CT molecular complexity index is 971. The largest absolute Gasteiger partial charge is 0.298 e. The lowest BCUT2D eigenvalue weighted by molar-refractivity contribution is -0.116. The van der Waals surface area contributed by atoms with E-state index in [2.05, 4.69) is 33.6 Å². The standard InChI is InChI=1S/C17H15BrN4OS2/c1-2-6-25-17-20-16(23)14-12-8-11(18)3-4-13(12)19-15(22(14)21-17)10-5-7-24-9-10/h3-5,7-9,15H,2,6H2,1H3,(H,20,21,23)/t15-/m0/s1. The lowest BCUT2D eigenvalue weighted by atomic mass is 10.1. The van der Waals surface area contributed by atoms with Gasteiger partial charge in [-0.15, -0.1) is 5.10 Å². The van der Waals surface area contributed by atoms with Gasteiger partial charge in [0.15, 0.2) is 11.3 Å². The normalized spacial score (nSPS) is 18.9. The van der Waals surface area contributed by atoms with Gasteiger partial charge >= 0.3 is 0 Å². The maximum atomic E-state index is 12.9. The van der Waals surface area contributed by atoms with Crippen LogP contribution >= 0.6 is 39.0 Å². The van der Waals surface area contributed by atoms with Gasteiger partial charge in [0.05, 0.1) is 5.36 Å². The van der Waals surface area contributed by atoms with Gasteiger partial charge < -0.3 is 0 Å². The van der Waals surface area contributed by atoms with Crippen molar-refractivity contribution in [3.8, 4) is 0 Å². The summed E-state index contributed by atoms with van der Waals surface area (Å²) in [6.07, 6.45) is 0.697. The highest BCUT2D eigenvalue weighted by atomic mass is 79.9. The van der Waals surface area contributed by atoms with Crippen LogP contribution in [0.4, 0.5) is 0 Å². The van der Waals surface area contributed by atoms with Crippen molar-refractivity contribution < 1.29 is 4.79 Å². The third-order valence-electron chi connectivity index (χ3n) is 3.85. The van der Waals surface area contributed by atoms with E-state index in [0.29, 0.717) is 10.9 Å². The molecule has 2 aliphatic heterocycles. The molecule has 0 saturated heterocycles. The molecule has 1 atom stereocenters. The fourth-order valence-corrected chi connectivity index (χ4v) is 4.49. The number of amides is 1. The number of carbonyl (C=O) groups excluding carboxylic acids is 1. The molecule has 2 aromatic rings. The van der Waals surface area contributed by atoms with E-state index in [1.54, 1.807) is 28.1 Å². The summed E-state index contributed by atoms with van der Waals surface area (Å²) in [4.78, 5) is 17.7. The van der Waals surface area contributed by atoms with Gasteiger partial charge in [0.25, 0.3) is 5.91 Å². The van der Waals surface area contributed by atoms with Crippen molar-refractivity contribution in [2.24, 2.45) is 10.1 Å². The van der Waals surface area contributed by atoms with Crippen molar-refractivity contribution in [2.75, 3.05) is 5.75 Å². The minimum atomic E-state index is -0.321. The second-order valence-corrected chi connectivity index (χ2v) is 8.40. The van der Waals surface area contributed by atoms with E-state index in [1.807, 2.05) is 29.6 Å². The van der Waals surface area contributed by atoms with Crippen molar-refractivity contribution in [1.82, 2.24) is 10.3 Å². The number of hydrogen-bond donors (Lipinski definition) is 1. The number of thioether (sulfide) groups is 1. The Hall–Kier alpha value is -1.64. The van der Waals surface area contributed by atoms with Gasteiger partial charge in [-0.05, 0) is 41.4 Å². The minimum absolute atomic E-state index is 0.136. The van der Waals surface area contributed by atoms with Crippen molar-refractivity contribution in [2.45, 2.75) is 19.5 Å². The van der Waals surface area contributed by atoms with Crippen LogP contribution in [0.2, 0.25) is 0 Å². The first kappa shape index (κ1) is 16.8. The van der Waals surface area contributed by atoms with Crippen LogP contribution < -0.4 is 15.9 Å².